The second kappa shape index (κ2) is 13.1. The molecule has 0 heterocycles. The number of anilines is 6. The molecule has 10 N–H and O–H groups in total. The Bertz CT molecular complexity index is 3240. The van der Waals surface area contributed by atoms with Crippen molar-refractivity contribution >= 4 is 77.2 Å². The Labute approximate surface area is 340 Å². The van der Waals surface area contributed by atoms with Gasteiger partial charge in [-0.05, 0) is 75.2 Å². The number of fused-ring (bicyclic) bond motifs is 2. The summed E-state index contributed by atoms with van der Waals surface area (Å²) in [5.41, 5.74) is 2.80. The molecule has 9 aromatic rings. The molecule has 0 aliphatic heterocycles. The molecular weight excluding hydrogens is 765 g/mol. The third-order valence-corrected chi connectivity index (χ3v) is 11.6. The van der Waals surface area contributed by atoms with Crippen LogP contribution in [0, 0.1) is 0 Å². The second-order valence-electron chi connectivity index (χ2n) is 14.7. The molecule has 0 fully saturated rings. The van der Waals surface area contributed by atoms with Crippen molar-refractivity contribution in [2.24, 2.45) is 0 Å². The lowest BCUT2D eigenvalue weighted by Crippen LogP contribution is -2.16. The molecule has 0 bridgehead atoms. The number of benzene rings is 9. The molecule has 0 unspecified atom stereocenters. The van der Waals surface area contributed by atoms with Gasteiger partial charge in [0.2, 0.25) is 34.5 Å². The Morgan fingerprint density at radius 2 is 0.717 bits per heavy atom. The van der Waals surface area contributed by atoms with Gasteiger partial charge in [-0.3, -0.25) is 0 Å². The second-order valence-corrected chi connectivity index (χ2v) is 14.7. The number of nitrogens with zero attached hydrogens (tertiary/aromatic N) is 2. The zero-order chi connectivity index (χ0) is 41.7. The van der Waals surface area contributed by atoms with Crippen LogP contribution >= 0.6 is 0 Å². The molecule has 1 aliphatic carbocycles. The van der Waals surface area contributed by atoms with Crippen molar-refractivity contribution in [3.05, 3.63) is 132 Å². The minimum Gasteiger partial charge on any atom is -0.503 e. The molecule has 0 radical (unpaired) electrons. The Morgan fingerprint density at radius 1 is 0.300 bits per heavy atom. The number of rotatable bonds is 6. The van der Waals surface area contributed by atoms with E-state index in [-0.39, 0.29) is 11.4 Å². The largest absolute Gasteiger partial charge is 0.503 e. The molecule has 9 aromatic carbocycles. The van der Waals surface area contributed by atoms with Crippen molar-refractivity contribution in [2.45, 2.75) is 12.8 Å². The Hall–Kier alpha value is -8.38. The van der Waals surface area contributed by atoms with Crippen LogP contribution in [0.3, 0.4) is 0 Å². The van der Waals surface area contributed by atoms with E-state index in [9.17, 15) is 51.1 Å². The summed E-state index contributed by atoms with van der Waals surface area (Å²) < 4.78 is 0. The molecule has 0 amide bonds. The summed E-state index contributed by atoms with van der Waals surface area (Å²) in [6.07, 6.45) is 0.976. The van der Waals surface area contributed by atoms with Gasteiger partial charge in [-0.25, -0.2) is 0 Å². The van der Waals surface area contributed by atoms with Gasteiger partial charge in [0.05, 0.1) is 22.7 Å². The minimum absolute atomic E-state index is 0.374. The van der Waals surface area contributed by atoms with Crippen LogP contribution in [0.15, 0.2) is 121 Å². The highest BCUT2D eigenvalue weighted by Crippen LogP contribution is 2.61. The lowest BCUT2D eigenvalue weighted by Gasteiger charge is -2.33. The maximum Gasteiger partial charge on any atom is 0.208 e. The third-order valence-electron chi connectivity index (χ3n) is 11.6. The molecule has 0 atom stereocenters. The molecule has 0 saturated heterocycles. The van der Waals surface area contributed by atoms with Crippen LogP contribution in [0.25, 0.3) is 43.1 Å². The standard InChI is InChI=1S/C48H34N2O10/c51-39-37(40(52)44(56)47(59)43(39)55)49(31-13-5-9-23-7-1-3-11-27(23)31)33-21-17-25-16-20-30-34(22-18-26-15-19-29(33)35(25)36(26)30)50(32-14-6-10-24-8-2-4-12-28(24)32)38-41(53)45(57)48(60)46(58)42(38)54/h1-15,17-19,21-22,51-60H,16,20H2. The molecule has 0 spiro atoms. The van der Waals surface area contributed by atoms with Gasteiger partial charge >= 0.3 is 0 Å². The van der Waals surface area contributed by atoms with E-state index in [4.69, 9.17) is 0 Å². The maximum absolute atomic E-state index is 11.5. The van der Waals surface area contributed by atoms with Crippen LogP contribution < -0.4 is 9.80 Å². The lowest BCUT2D eigenvalue weighted by atomic mass is 9.84. The number of hydrogen-bond donors (Lipinski definition) is 10. The van der Waals surface area contributed by atoms with E-state index in [1.165, 1.54) is 4.90 Å². The zero-order valence-corrected chi connectivity index (χ0v) is 31.3. The van der Waals surface area contributed by atoms with Gasteiger partial charge < -0.3 is 60.9 Å². The van der Waals surface area contributed by atoms with E-state index < -0.39 is 57.5 Å². The first kappa shape index (κ1) is 36.0. The highest BCUT2D eigenvalue weighted by Gasteiger charge is 2.34. The molecule has 0 saturated carbocycles. The Morgan fingerprint density at radius 3 is 1.25 bits per heavy atom. The van der Waals surface area contributed by atoms with Gasteiger partial charge in [0.1, 0.15) is 11.4 Å². The monoisotopic (exact) mass is 798 g/mol. The van der Waals surface area contributed by atoms with Crippen LogP contribution in [0.4, 0.5) is 34.1 Å². The van der Waals surface area contributed by atoms with Gasteiger partial charge in [0.15, 0.2) is 23.0 Å². The molecule has 1 aliphatic rings. The van der Waals surface area contributed by atoms with Crippen LogP contribution in [0.5, 0.6) is 57.5 Å². The number of hydrogen-bond acceptors (Lipinski definition) is 12. The van der Waals surface area contributed by atoms with Crippen molar-refractivity contribution < 1.29 is 51.1 Å². The topological polar surface area (TPSA) is 209 Å². The molecule has 60 heavy (non-hydrogen) atoms. The van der Waals surface area contributed by atoms with Gasteiger partial charge in [0, 0.05) is 16.2 Å². The number of aromatic hydroxyl groups is 10. The van der Waals surface area contributed by atoms with Crippen LogP contribution in [-0.4, -0.2) is 51.1 Å². The maximum atomic E-state index is 11.5. The fraction of sp³-hybridized carbons (Fsp3) is 0.0417. The minimum atomic E-state index is -1.09. The number of phenolic OH excluding ortho intramolecular Hbond substituents is 10. The smallest absolute Gasteiger partial charge is 0.208 e. The van der Waals surface area contributed by atoms with E-state index >= 15 is 0 Å². The summed E-state index contributed by atoms with van der Waals surface area (Å²) in [5.74, 6) is -9.79. The fourth-order valence-electron chi connectivity index (χ4n) is 8.82. The van der Waals surface area contributed by atoms with E-state index in [0.717, 1.165) is 38.1 Å². The average Bonchev–Trinajstić information content (AvgIpc) is 3.28. The Kier molecular flexibility index (Phi) is 7.85. The molecule has 296 valence electrons. The van der Waals surface area contributed by atoms with E-state index in [2.05, 4.69) is 0 Å². The van der Waals surface area contributed by atoms with Gasteiger partial charge in [-0.15, -0.1) is 0 Å². The predicted octanol–water partition coefficient (Wildman–Crippen LogP) is 10.4. The molecule has 10 rings (SSSR count). The molecule has 12 heteroatoms. The van der Waals surface area contributed by atoms with E-state index in [1.807, 2.05) is 97.1 Å². The predicted molar refractivity (Wildman–Crippen MR) is 230 cm³/mol. The first-order chi connectivity index (χ1) is 29.0. The average molecular weight is 799 g/mol. The normalized spacial score (nSPS) is 12.2. The third kappa shape index (κ3) is 4.97. The van der Waals surface area contributed by atoms with Crippen molar-refractivity contribution in [3.8, 4) is 57.5 Å². The van der Waals surface area contributed by atoms with Crippen LogP contribution in [0.1, 0.15) is 11.1 Å². The highest BCUT2D eigenvalue weighted by atomic mass is 16.4. The van der Waals surface area contributed by atoms with Crippen molar-refractivity contribution in [3.63, 3.8) is 0 Å². The summed E-state index contributed by atoms with van der Waals surface area (Å²) in [4.78, 5) is 3.07. The summed E-state index contributed by atoms with van der Waals surface area (Å²) in [6.45, 7) is 0. The number of aryl methyl sites for hydroxylation is 2. The fourth-order valence-corrected chi connectivity index (χ4v) is 8.82. The van der Waals surface area contributed by atoms with Gasteiger partial charge in [-0.2, -0.15) is 0 Å². The zero-order valence-electron chi connectivity index (χ0n) is 31.3. The first-order valence-corrected chi connectivity index (χ1v) is 18.9. The SMILES string of the molecule is Oc1c(O)c(O)c(N(c2ccc3ccc4c(N(c5c(O)c(O)c(O)c(O)c5O)c5cccc6ccccc56)ccc5c4c3c2CC5)c2cccc3ccccc23)c(O)c1O. The molecule has 0 aromatic heterocycles. The van der Waals surface area contributed by atoms with Crippen LogP contribution in [-0.2, 0) is 12.8 Å². The Balaban J connectivity index is 1.31. The van der Waals surface area contributed by atoms with E-state index in [1.54, 1.807) is 29.2 Å². The summed E-state index contributed by atoms with van der Waals surface area (Å²) >= 11 is 0. The highest BCUT2D eigenvalue weighted by molar-refractivity contribution is 6.19. The molecular formula is C48H34N2O10. The van der Waals surface area contributed by atoms with Crippen molar-refractivity contribution in [1.82, 2.24) is 0 Å². The van der Waals surface area contributed by atoms with Crippen molar-refractivity contribution in [1.29, 1.82) is 0 Å². The van der Waals surface area contributed by atoms with Crippen molar-refractivity contribution in [2.75, 3.05) is 9.80 Å². The van der Waals surface area contributed by atoms with Gasteiger partial charge in [0.25, 0.3) is 0 Å². The first-order valence-electron chi connectivity index (χ1n) is 18.9. The van der Waals surface area contributed by atoms with E-state index in [0.29, 0.717) is 51.7 Å². The van der Waals surface area contributed by atoms with Gasteiger partial charge in [-0.1, -0.05) is 97.1 Å². The van der Waals surface area contributed by atoms with Crippen LogP contribution in [0.2, 0.25) is 0 Å². The molecule has 12 nitrogen and oxygen atoms in total. The lowest BCUT2D eigenvalue weighted by molar-refractivity contribution is 0.329. The summed E-state index contributed by atoms with van der Waals surface area (Å²) in [5, 5.41) is 116. The number of phenols is 10. The summed E-state index contributed by atoms with van der Waals surface area (Å²) in [6, 6.07) is 37.1. The summed E-state index contributed by atoms with van der Waals surface area (Å²) in [7, 11) is 0. The quantitative estimate of drug-likeness (QED) is 0.0433.